The Kier molecular flexibility index (Phi) is 5.08. The third-order valence-corrected chi connectivity index (χ3v) is 5.39. The van der Waals surface area contributed by atoms with Crippen molar-refractivity contribution in [1.82, 2.24) is 19.7 Å². The molecule has 1 saturated carbocycles. The molecular formula is C20H25ClN4O2. The van der Waals surface area contributed by atoms with Crippen molar-refractivity contribution < 1.29 is 9.53 Å². The van der Waals surface area contributed by atoms with E-state index in [1.165, 1.54) is 0 Å². The molecule has 1 aliphatic heterocycles. The summed E-state index contributed by atoms with van der Waals surface area (Å²) in [5.74, 6) is 1.09. The van der Waals surface area contributed by atoms with E-state index in [0.29, 0.717) is 23.4 Å². The summed E-state index contributed by atoms with van der Waals surface area (Å²) < 4.78 is 7.99. The monoisotopic (exact) mass is 388 g/mol. The van der Waals surface area contributed by atoms with Gasteiger partial charge in [-0.15, -0.1) is 0 Å². The van der Waals surface area contributed by atoms with Gasteiger partial charge < -0.3 is 9.64 Å². The predicted octanol–water partition coefficient (Wildman–Crippen LogP) is 4.07. The van der Waals surface area contributed by atoms with Gasteiger partial charge in [-0.25, -0.2) is 4.98 Å². The van der Waals surface area contributed by atoms with Crippen LogP contribution in [0.2, 0.25) is 5.02 Å². The highest BCUT2D eigenvalue weighted by atomic mass is 35.5. The highest BCUT2D eigenvalue weighted by molar-refractivity contribution is 6.30. The van der Waals surface area contributed by atoms with Crippen molar-refractivity contribution in [2.45, 2.75) is 57.6 Å². The lowest BCUT2D eigenvalue weighted by atomic mass is 10.1. The average Bonchev–Trinajstić information content (AvgIpc) is 3.41. The lowest BCUT2D eigenvalue weighted by Gasteiger charge is -2.32. The fourth-order valence-corrected chi connectivity index (χ4v) is 3.82. The molecule has 27 heavy (non-hydrogen) atoms. The molecule has 4 rings (SSSR count). The van der Waals surface area contributed by atoms with E-state index in [1.54, 1.807) is 24.5 Å². The zero-order valence-electron chi connectivity index (χ0n) is 15.8. The Bertz CT molecular complexity index is 814. The Morgan fingerprint density at radius 2 is 2.07 bits per heavy atom. The molecule has 0 radical (unpaired) electrons. The quantitative estimate of drug-likeness (QED) is 0.774. The number of pyridine rings is 1. The van der Waals surface area contributed by atoms with Crippen molar-refractivity contribution in [3.63, 3.8) is 0 Å². The molecule has 144 valence electrons. The van der Waals surface area contributed by atoms with E-state index in [-0.39, 0.29) is 18.1 Å². The maximum atomic E-state index is 13.2. The van der Waals surface area contributed by atoms with Gasteiger partial charge in [0.2, 0.25) is 5.88 Å². The summed E-state index contributed by atoms with van der Waals surface area (Å²) in [6.45, 7) is 5.54. The van der Waals surface area contributed by atoms with Crippen LogP contribution < -0.4 is 4.74 Å². The number of aromatic nitrogens is 3. The number of carbonyl (C=O) groups is 1. The molecule has 0 aromatic carbocycles. The third-order valence-electron chi connectivity index (χ3n) is 5.17. The Hall–Kier alpha value is -2.08. The molecule has 3 heterocycles. The van der Waals surface area contributed by atoms with E-state index in [0.717, 1.165) is 43.5 Å². The van der Waals surface area contributed by atoms with Crippen LogP contribution in [0.3, 0.4) is 0 Å². The molecular weight excluding hydrogens is 364 g/mol. The van der Waals surface area contributed by atoms with Gasteiger partial charge in [0.25, 0.3) is 5.91 Å². The van der Waals surface area contributed by atoms with E-state index < -0.39 is 0 Å². The van der Waals surface area contributed by atoms with Crippen molar-refractivity contribution in [1.29, 1.82) is 0 Å². The first-order valence-corrected chi connectivity index (χ1v) is 10.1. The van der Waals surface area contributed by atoms with Crippen molar-refractivity contribution in [3.8, 4) is 5.88 Å². The normalized spacial score (nSPS) is 20.1. The smallest absolute Gasteiger partial charge is 0.257 e. The first-order valence-electron chi connectivity index (χ1n) is 9.68. The van der Waals surface area contributed by atoms with Crippen LogP contribution in [0.15, 0.2) is 24.5 Å². The minimum absolute atomic E-state index is 0.0547. The van der Waals surface area contributed by atoms with E-state index in [2.05, 4.69) is 23.9 Å². The number of halogens is 1. The maximum Gasteiger partial charge on any atom is 0.257 e. The Balaban J connectivity index is 1.48. The van der Waals surface area contributed by atoms with Crippen LogP contribution in [0.1, 0.15) is 67.5 Å². The van der Waals surface area contributed by atoms with Crippen molar-refractivity contribution in [2.75, 3.05) is 13.1 Å². The van der Waals surface area contributed by atoms with Gasteiger partial charge in [0.05, 0.1) is 29.0 Å². The van der Waals surface area contributed by atoms with E-state index in [1.807, 2.05) is 9.58 Å². The second-order valence-corrected chi connectivity index (χ2v) is 8.14. The topological polar surface area (TPSA) is 60.2 Å². The fraction of sp³-hybridized carbons (Fsp3) is 0.550. The second-order valence-electron chi connectivity index (χ2n) is 7.70. The fourth-order valence-electron chi connectivity index (χ4n) is 3.70. The van der Waals surface area contributed by atoms with Crippen LogP contribution >= 0.6 is 11.6 Å². The number of amides is 1. The van der Waals surface area contributed by atoms with Crippen molar-refractivity contribution >= 4 is 17.5 Å². The zero-order valence-corrected chi connectivity index (χ0v) is 16.5. The summed E-state index contributed by atoms with van der Waals surface area (Å²) in [6, 6.07) is 3.79. The van der Waals surface area contributed by atoms with Gasteiger partial charge in [-0.1, -0.05) is 11.6 Å². The maximum absolute atomic E-state index is 13.2. The van der Waals surface area contributed by atoms with Gasteiger partial charge in [-0.05, 0) is 45.6 Å². The van der Waals surface area contributed by atoms with Crippen LogP contribution in [-0.4, -0.2) is 44.8 Å². The molecule has 0 bridgehead atoms. The molecule has 6 nitrogen and oxygen atoms in total. The molecule has 1 saturated heterocycles. The number of piperidine rings is 1. The summed E-state index contributed by atoms with van der Waals surface area (Å²) in [5.41, 5.74) is 1.87. The van der Waals surface area contributed by atoms with Crippen LogP contribution in [0.5, 0.6) is 5.88 Å². The summed E-state index contributed by atoms with van der Waals surface area (Å²) in [4.78, 5) is 19.3. The summed E-state index contributed by atoms with van der Waals surface area (Å²) >= 11 is 5.88. The molecule has 1 atom stereocenters. The highest BCUT2D eigenvalue weighted by Crippen LogP contribution is 2.42. The minimum Gasteiger partial charge on any atom is -0.472 e. The highest BCUT2D eigenvalue weighted by Gasteiger charge is 2.35. The number of hydrogen-bond donors (Lipinski definition) is 0. The molecule has 1 amide bonds. The predicted molar refractivity (Wildman–Crippen MR) is 103 cm³/mol. The molecule has 1 unspecified atom stereocenters. The summed E-state index contributed by atoms with van der Waals surface area (Å²) in [5, 5.41) is 5.08. The first-order chi connectivity index (χ1) is 13.0. The molecule has 0 spiro atoms. The van der Waals surface area contributed by atoms with Crippen LogP contribution in [0.4, 0.5) is 0 Å². The Labute approximate surface area is 164 Å². The molecule has 2 aromatic heterocycles. The van der Waals surface area contributed by atoms with Gasteiger partial charge in [-0.3, -0.25) is 9.48 Å². The number of hydrogen-bond acceptors (Lipinski definition) is 4. The third kappa shape index (κ3) is 3.95. The Morgan fingerprint density at radius 1 is 1.26 bits per heavy atom. The van der Waals surface area contributed by atoms with Gasteiger partial charge in [-0.2, -0.15) is 5.10 Å². The second kappa shape index (κ2) is 7.50. The van der Waals surface area contributed by atoms with Gasteiger partial charge in [0.1, 0.15) is 6.10 Å². The molecule has 2 fully saturated rings. The molecule has 1 aliphatic carbocycles. The van der Waals surface area contributed by atoms with Crippen LogP contribution in [0.25, 0.3) is 0 Å². The molecule has 2 aliphatic rings. The number of likely N-dealkylation sites (tertiary alicyclic amines) is 1. The zero-order chi connectivity index (χ0) is 19.0. The Morgan fingerprint density at radius 3 is 2.74 bits per heavy atom. The molecule has 2 aromatic rings. The summed E-state index contributed by atoms with van der Waals surface area (Å²) in [7, 11) is 0. The minimum atomic E-state index is -0.0547. The number of ether oxygens (including phenoxy) is 1. The van der Waals surface area contributed by atoms with Gasteiger partial charge in [0.15, 0.2) is 0 Å². The number of nitrogens with zero attached hydrogens (tertiary/aromatic N) is 4. The largest absolute Gasteiger partial charge is 0.472 e. The van der Waals surface area contributed by atoms with E-state index >= 15 is 0 Å². The lowest BCUT2D eigenvalue weighted by Crippen LogP contribution is -2.44. The standard InChI is InChI=1S/C20H25ClN4O2/c1-13(2)25-19(14-5-6-14)17(11-23-25)20(26)24-9-3-4-16(12-24)27-18-8-7-15(21)10-22-18/h7-8,10-11,13-14,16H,3-6,9,12H2,1-2H3. The van der Waals surface area contributed by atoms with Crippen LogP contribution in [-0.2, 0) is 0 Å². The van der Waals surface area contributed by atoms with Gasteiger partial charge in [0, 0.05) is 30.8 Å². The summed E-state index contributed by atoms with van der Waals surface area (Å²) in [6.07, 6.45) is 7.39. The number of carbonyl (C=O) groups excluding carboxylic acids is 1. The average molecular weight is 389 g/mol. The molecule has 7 heteroatoms. The number of rotatable bonds is 5. The molecule has 0 N–H and O–H groups in total. The van der Waals surface area contributed by atoms with Gasteiger partial charge >= 0.3 is 0 Å². The van der Waals surface area contributed by atoms with Crippen molar-refractivity contribution in [3.05, 3.63) is 40.8 Å². The lowest BCUT2D eigenvalue weighted by molar-refractivity contribution is 0.0526. The van der Waals surface area contributed by atoms with Crippen molar-refractivity contribution in [2.24, 2.45) is 0 Å². The first kappa shape index (κ1) is 18.3. The van der Waals surface area contributed by atoms with E-state index in [9.17, 15) is 4.79 Å². The SMILES string of the molecule is CC(C)n1ncc(C(=O)N2CCCC(Oc3ccc(Cl)cn3)C2)c1C1CC1. The van der Waals surface area contributed by atoms with Crippen LogP contribution in [0, 0.1) is 0 Å². The van der Waals surface area contributed by atoms with E-state index in [4.69, 9.17) is 16.3 Å².